The number of aromatic nitrogens is 2. The summed E-state index contributed by atoms with van der Waals surface area (Å²) in [5, 5.41) is 10.6. The average Bonchev–Trinajstić information content (AvgIpc) is 2.71. The highest BCUT2D eigenvalue weighted by molar-refractivity contribution is 5.85. The molecule has 0 saturated carbocycles. The van der Waals surface area contributed by atoms with E-state index in [0.29, 0.717) is 6.42 Å². The van der Waals surface area contributed by atoms with Crippen molar-refractivity contribution in [1.29, 1.82) is 0 Å². The van der Waals surface area contributed by atoms with Crippen molar-refractivity contribution in [3.8, 4) is 11.1 Å². The number of aromatic amines is 1. The van der Waals surface area contributed by atoms with Crippen LogP contribution in [0.25, 0.3) is 11.1 Å². The number of nitrogens with one attached hydrogen (secondary N) is 2. The summed E-state index contributed by atoms with van der Waals surface area (Å²) in [7, 11) is 0. The number of halogens is 1. The second-order valence-electron chi connectivity index (χ2n) is 6.84. The molecule has 27 heavy (non-hydrogen) atoms. The summed E-state index contributed by atoms with van der Waals surface area (Å²) in [5.74, 6) is 0.271. The van der Waals surface area contributed by atoms with E-state index in [1.807, 2.05) is 36.4 Å². The normalized spacial score (nSPS) is 14.5. The number of hydrogen-bond donors (Lipinski definition) is 2. The van der Waals surface area contributed by atoms with Crippen LogP contribution in [0.2, 0.25) is 0 Å². The SMILES string of the molecule is Cl.O=c1[nH]nc(Cc2ccccc2)c(-c2ccccc2)c1C1CCNCC1. The Kier molecular flexibility index (Phi) is 6.43. The van der Waals surface area contributed by atoms with Crippen molar-refractivity contribution < 1.29 is 0 Å². The topological polar surface area (TPSA) is 57.8 Å². The van der Waals surface area contributed by atoms with Crippen molar-refractivity contribution in [2.45, 2.75) is 25.2 Å². The molecule has 1 saturated heterocycles. The molecule has 140 valence electrons. The molecule has 2 aromatic carbocycles. The zero-order valence-electron chi connectivity index (χ0n) is 15.2. The number of nitrogens with zero attached hydrogens (tertiary/aromatic N) is 1. The zero-order valence-corrected chi connectivity index (χ0v) is 16.0. The minimum absolute atomic E-state index is 0. The van der Waals surface area contributed by atoms with E-state index in [9.17, 15) is 4.79 Å². The highest BCUT2D eigenvalue weighted by atomic mass is 35.5. The lowest BCUT2D eigenvalue weighted by Gasteiger charge is -2.25. The Hall–Kier alpha value is -2.43. The molecule has 1 aromatic heterocycles. The van der Waals surface area contributed by atoms with Gasteiger partial charge >= 0.3 is 0 Å². The van der Waals surface area contributed by atoms with Crippen LogP contribution in [0.3, 0.4) is 0 Å². The van der Waals surface area contributed by atoms with Crippen LogP contribution in [0.1, 0.15) is 35.6 Å². The fraction of sp³-hybridized carbons (Fsp3) is 0.273. The van der Waals surface area contributed by atoms with E-state index in [4.69, 9.17) is 0 Å². The molecule has 0 spiro atoms. The third kappa shape index (κ3) is 4.29. The number of rotatable bonds is 4. The number of benzene rings is 2. The van der Waals surface area contributed by atoms with Crippen LogP contribution >= 0.6 is 12.4 Å². The molecule has 5 heteroatoms. The molecule has 1 fully saturated rings. The lowest BCUT2D eigenvalue weighted by molar-refractivity contribution is 0.457. The van der Waals surface area contributed by atoms with Gasteiger partial charge in [0.1, 0.15) is 0 Å². The maximum atomic E-state index is 12.8. The lowest BCUT2D eigenvalue weighted by Crippen LogP contribution is -2.31. The minimum Gasteiger partial charge on any atom is -0.317 e. The van der Waals surface area contributed by atoms with Gasteiger partial charge in [-0.2, -0.15) is 5.10 Å². The van der Waals surface area contributed by atoms with Crippen molar-refractivity contribution in [1.82, 2.24) is 15.5 Å². The molecule has 0 unspecified atom stereocenters. The van der Waals surface area contributed by atoms with E-state index in [0.717, 1.165) is 48.3 Å². The first-order valence-electron chi connectivity index (χ1n) is 9.24. The summed E-state index contributed by atoms with van der Waals surface area (Å²) < 4.78 is 0. The molecule has 4 nitrogen and oxygen atoms in total. The van der Waals surface area contributed by atoms with Gasteiger partial charge in [0.25, 0.3) is 5.56 Å². The molecule has 0 atom stereocenters. The largest absolute Gasteiger partial charge is 0.317 e. The second kappa shape index (κ2) is 8.98. The van der Waals surface area contributed by atoms with Gasteiger partial charge in [-0.25, -0.2) is 5.10 Å². The Bertz CT molecular complexity index is 919. The monoisotopic (exact) mass is 381 g/mol. The summed E-state index contributed by atoms with van der Waals surface area (Å²) >= 11 is 0. The minimum atomic E-state index is -0.0486. The van der Waals surface area contributed by atoms with Crippen molar-refractivity contribution in [2.24, 2.45) is 0 Å². The van der Waals surface area contributed by atoms with E-state index in [1.54, 1.807) is 0 Å². The first-order valence-corrected chi connectivity index (χ1v) is 9.24. The quantitative estimate of drug-likeness (QED) is 0.720. The van der Waals surface area contributed by atoms with Gasteiger partial charge in [0.15, 0.2) is 0 Å². The molecular weight excluding hydrogens is 358 g/mol. The summed E-state index contributed by atoms with van der Waals surface area (Å²) in [6.07, 6.45) is 2.68. The van der Waals surface area contributed by atoms with Crippen LogP contribution < -0.4 is 10.9 Å². The molecule has 0 amide bonds. The molecular formula is C22H24ClN3O. The van der Waals surface area contributed by atoms with Gasteiger partial charge in [0.2, 0.25) is 0 Å². The summed E-state index contributed by atoms with van der Waals surface area (Å²) in [4.78, 5) is 12.8. The molecule has 0 aliphatic carbocycles. The van der Waals surface area contributed by atoms with Crippen LogP contribution in [0.4, 0.5) is 0 Å². The average molecular weight is 382 g/mol. The predicted molar refractivity (Wildman–Crippen MR) is 112 cm³/mol. The van der Waals surface area contributed by atoms with Crippen LogP contribution in [0.5, 0.6) is 0 Å². The van der Waals surface area contributed by atoms with Gasteiger partial charge in [-0.1, -0.05) is 60.7 Å². The molecule has 1 aliphatic heterocycles. The first kappa shape index (κ1) is 19.3. The first-order chi connectivity index (χ1) is 12.8. The Morgan fingerprint density at radius 1 is 0.926 bits per heavy atom. The Balaban J connectivity index is 0.00000210. The van der Waals surface area contributed by atoms with Gasteiger partial charge in [-0.05, 0) is 43.0 Å². The highest BCUT2D eigenvalue weighted by Gasteiger charge is 2.25. The van der Waals surface area contributed by atoms with E-state index < -0.39 is 0 Å². The van der Waals surface area contributed by atoms with Gasteiger partial charge in [0.05, 0.1) is 5.69 Å². The summed E-state index contributed by atoms with van der Waals surface area (Å²) in [6.45, 7) is 1.91. The predicted octanol–water partition coefficient (Wildman–Crippen LogP) is 3.92. The second-order valence-corrected chi connectivity index (χ2v) is 6.84. The molecule has 1 aliphatic rings. The van der Waals surface area contributed by atoms with Crippen LogP contribution in [0, 0.1) is 0 Å². The van der Waals surface area contributed by atoms with Crippen molar-refractivity contribution in [3.63, 3.8) is 0 Å². The van der Waals surface area contributed by atoms with Crippen molar-refractivity contribution in [3.05, 3.63) is 87.8 Å². The molecule has 3 aromatic rings. The Labute approximate surface area is 165 Å². The highest BCUT2D eigenvalue weighted by Crippen LogP contribution is 2.33. The summed E-state index contributed by atoms with van der Waals surface area (Å²) in [6, 6.07) is 20.5. The fourth-order valence-electron chi connectivity index (χ4n) is 3.85. The van der Waals surface area contributed by atoms with Crippen LogP contribution in [-0.4, -0.2) is 23.3 Å². The fourth-order valence-corrected chi connectivity index (χ4v) is 3.85. The standard InChI is InChI=1S/C22H23N3O.ClH/c26-22-21(18-11-13-23-14-12-18)20(17-9-5-2-6-10-17)19(24-25-22)15-16-7-3-1-4-8-16;/h1-10,18,23H,11-15H2,(H,25,26);1H. The van der Waals surface area contributed by atoms with Gasteiger partial charge in [-0.15, -0.1) is 12.4 Å². The molecule has 2 heterocycles. The smallest absolute Gasteiger partial charge is 0.268 e. The molecule has 0 bridgehead atoms. The maximum Gasteiger partial charge on any atom is 0.268 e. The number of H-pyrrole nitrogens is 1. The summed E-state index contributed by atoms with van der Waals surface area (Å²) in [5.41, 5.74) is 5.08. The van der Waals surface area contributed by atoms with E-state index in [-0.39, 0.29) is 23.9 Å². The maximum absolute atomic E-state index is 12.8. The van der Waals surface area contributed by atoms with Gasteiger partial charge in [0, 0.05) is 17.5 Å². The Morgan fingerprint density at radius 2 is 1.56 bits per heavy atom. The lowest BCUT2D eigenvalue weighted by atomic mass is 9.84. The molecule has 2 N–H and O–H groups in total. The van der Waals surface area contributed by atoms with E-state index in [1.165, 1.54) is 5.56 Å². The van der Waals surface area contributed by atoms with Crippen LogP contribution in [0.15, 0.2) is 65.5 Å². The molecule has 4 rings (SSSR count). The van der Waals surface area contributed by atoms with E-state index in [2.05, 4.69) is 39.8 Å². The van der Waals surface area contributed by atoms with Crippen molar-refractivity contribution in [2.75, 3.05) is 13.1 Å². The van der Waals surface area contributed by atoms with Gasteiger partial charge < -0.3 is 5.32 Å². The number of piperidine rings is 1. The zero-order chi connectivity index (χ0) is 17.8. The number of hydrogen-bond acceptors (Lipinski definition) is 3. The molecule has 0 radical (unpaired) electrons. The van der Waals surface area contributed by atoms with Crippen LogP contribution in [-0.2, 0) is 6.42 Å². The Morgan fingerprint density at radius 3 is 2.22 bits per heavy atom. The third-order valence-electron chi connectivity index (χ3n) is 5.12. The van der Waals surface area contributed by atoms with E-state index >= 15 is 0 Å². The van der Waals surface area contributed by atoms with Gasteiger partial charge in [-0.3, -0.25) is 4.79 Å². The van der Waals surface area contributed by atoms with Crippen molar-refractivity contribution >= 4 is 12.4 Å². The third-order valence-corrected chi connectivity index (χ3v) is 5.12.